The maximum absolute atomic E-state index is 13.6. The lowest BCUT2D eigenvalue weighted by Gasteiger charge is -2.11. The van der Waals surface area contributed by atoms with Crippen molar-refractivity contribution in [1.29, 1.82) is 0 Å². The summed E-state index contributed by atoms with van der Waals surface area (Å²) in [6.07, 6.45) is 1.77. The van der Waals surface area contributed by atoms with Gasteiger partial charge in [0.1, 0.15) is 11.6 Å². The van der Waals surface area contributed by atoms with E-state index in [4.69, 9.17) is 5.73 Å². The number of hydrogen-bond donors (Lipinski definition) is 2. The Hall–Kier alpha value is -2.96. The van der Waals surface area contributed by atoms with E-state index in [9.17, 15) is 9.18 Å². The minimum Gasteiger partial charge on any atom is -0.365 e. The first kappa shape index (κ1) is 15.0. The van der Waals surface area contributed by atoms with E-state index in [1.165, 1.54) is 6.92 Å². The van der Waals surface area contributed by atoms with Crippen LogP contribution in [0.3, 0.4) is 0 Å². The smallest absolute Gasteiger partial charge is 0.252 e. The van der Waals surface area contributed by atoms with Crippen molar-refractivity contribution in [2.75, 3.05) is 5.32 Å². The molecule has 0 aliphatic carbocycles. The summed E-state index contributed by atoms with van der Waals surface area (Å²) >= 11 is 0. The first-order valence-electron chi connectivity index (χ1n) is 7.19. The number of nitrogens with zero attached hydrogens (tertiary/aromatic N) is 3. The van der Waals surface area contributed by atoms with Gasteiger partial charge in [-0.25, -0.2) is 9.37 Å². The quantitative estimate of drug-likeness (QED) is 0.775. The van der Waals surface area contributed by atoms with Crippen LogP contribution >= 0.6 is 0 Å². The number of halogens is 1. The summed E-state index contributed by atoms with van der Waals surface area (Å²) in [4.78, 5) is 15.6. The van der Waals surface area contributed by atoms with E-state index in [2.05, 4.69) is 15.4 Å². The van der Waals surface area contributed by atoms with Gasteiger partial charge in [-0.2, -0.15) is 5.10 Å². The average molecular weight is 313 g/mol. The van der Waals surface area contributed by atoms with Crippen LogP contribution in [0.25, 0.3) is 10.9 Å². The number of benzene rings is 1. The maximum atomic E-state index is 13.6. The van der Waals surface area contributed by atoms with Crippen molar-refractivity contribution < 1.29 is 9.18 Å². The molecule has 0 bridgehead atoms. The van der Waals surface area contributed by atoms with Gasteiger partial charge in [0.15, 0.2) is 0 Å². The number of nitrogens with two attached hydrogens (primary N) is 1. The van der Waals surface area contributed by atoms with E-state index in [1.54, 1.807) is 6.20 Å². The Morgan fingerprint density at radius 3 is 2.87 bits per heavy atom. The number of fused-ring (bicyclic) bond motifs is 1. The summed E-state index contributed by atoms with van der Waals surface area (Å²) in [5.74, 6) is -1.07. The van der Waals surface area contributed by atoms with Gasteiger partial charge < -0.3 is 11.1 Å². The fraction of sp³-hybridized carbons (Fsp3) is 0.188. The summed E-state index contributed by atoms with van der Waals surface area (Å²) in [6.45, 7) is 4.32. The number of pyridine rings is 1. The van der Waals surface area contributed by atoms with E-state index in [1.807, 2.05) is 29.8 Å². The van der Waals surface area contributed by atoms with Gasteiger partial charge in [-0.05, 0) is 38.1 Å². The van der Waals surface area contributed by atoms with Crippen molar-refractivity contribution in [3.05, 3.63) is 47.5 Å². The topological polar surface area (TPSA) is 85.8 Å². The zero-order chi connectivity index (χ0) is 16.6. The molecule has 0 saturated heterocycles. The van der Waals surface area contributed by atoms with Gasteiger partial charge in [0.25, 0.3) is 5.91 Å². The first-order valence-corrected chi connectivity index (χ1v) is 7.19. The molecule has 118 valence electrons. The summed E-state index contributed by atoms with van der Waals surface area (Å²) in [6, 6.07) is 6.76. The van der Waals surface area contributed by atoms with E-state index >= 15 is 0 Å². The molecule has 0 spiro atoms. The molecule has 1 amide bonds. The predicted molar refractivity (Wildman–Crippen MR) is 86.1 cm³/mol. The van der Waals surface area contributed by atoms with E-state index in [0.717, 1.165) is 23.5 Å². The number of hydrogen-bond acceptors (Lipinski definition) is 4. The van der Waals surface area contributed by atoms with Crippen LogP contribution in [0.2, 0.25) is 0 Å². The molecule has 0 aliphatic heterocycles. The highest BCUT2D eigenvalue weighted by Crippen LogP contribution is 2.24. The lowest BCUT2D eigenvalue weighted by molar-refractivity contribution is 0.100. The van der Waals surface area contributed by atoms with E-state index < -0.39 is 11.7 Å². The summed E-state index contributed by atoms with van der Waals surface area (Å²) in [5.41, 5.74) is 7.23. The van der Waals surface area contributed by atoms with Crippen LogP contribution in [0.1, 0.15) is 23.0 Å². The van der Waals surface area contributed by atoms with Gasteiger partial charge in [0, 0.05) is 17.6 Å². The summed E-state index contributed by atoms with van der Waals surface area (Å²) < 4.78 is 15.5. The third-order valence-electron chi connectivity index (χ3n) is 3.62. The SMILES string of the molecule is CCn1ncc2cc(Nc3nc(C)c(F)cc3C(N)=O)ccc21. The Labute approximate surface area is 132 Å². The third kappa shape index (κ3) is 2.73. The highest BCUT2D eigenvalue weighted by molar-refractivity contribution is 5.98. The van der Waals surface area contributed by atoms with Crippen molar-refractivity contribution in [2.24, 2.45) is 5.73 Å². The largest absolute Gasteiger partial charge is 0.365 e. The molecule has 0 aliphatic rings. The van der Waals surface area contributed by atoms with Crippen LogP contribution in [-0.4, -0.2) is 20.7 Å². The molecule has 3 aromatic rings. The van der Waals surface area contributed by atoms with Crippen LogP contribution in [0.4, 0.5) is 15.9 Å². The van der Waals surface area contributed by atoms with Crippen molar-refractivity contribution >= 4 is 28.3 Å². The fourth-order valence-corrected chi connectivity index (χ4v) is 2.42. The van der Waals surface area contributed by atoms with E-state index in [-0.39, 0.29) is 17.1 Å². The second-order valence-electron chi connectivity index (χ2n) is 5.17. The zero-order valence-electron chi connectivity index (χ0n) is 12.8. The standard InChI is InChI=1S/C16H16FN5O/c1-3-22-14-5-4-11(6-10(14)8-19-22)21-16-12(15(18)23)7-13(17)9(2)20-16/h4-8H,3H2,1-2H3,(H2,18,23)(H,20,21). The molecule has 3 N–H and O–H groups in total. The number of nitrogens with one attached hydrogen (secondary N) is 1. The fourth-order valence-electron chi connectivity index (χ4n) is 2.42. The number of aryl methyl sites for hydroxylation is 2. The van der Waals surface area contributed by atoms with Crippen molar-refractivity contribution in [1.82, 2.24) is 14.8 Å². The molecular weight excluding hydrogens is 297 g/mol. The van der Waals surface area contributed by atoms with Gasteiger partial charge >= 0.3 is 0 Å². The van der Waals surface area contributed by atoms with Gasteiger partial charge in [-0.1, -0.05) is 0 Å². The Kier molecular flexibility index (Phi) is 3.69. The normalized spacial score (nSPS) is 10.9. The average Bonchev–Trinajstić information content (AvgIpc) is 2.92. The molecule has 0 saturated carbocycles. The third-order valence-corrected chi connectivity index (χ3v) is 3.62. The number of aromatic nitrogens is 3. The van der Waals surface area contributed by atoms with Gasteiger partial charge in [0.2, 0.25) is 0 Å². The molecule has 6 nitrogen and oxygen atoms in total. The maximum Gasteiger partial charge on any atom is 0.252 e. The van der Waals surface area contributed by atoms with Crippen LogP contribution in [0.15, 0.2) is 30.5 Å². The lowest BCUT2D eigenvalue weighted by atomic mass is 10.2. The zero-order valence-corrected chi connectivity index (χ0v) is 12.8. The Bertz CT molecular complexity index is 903. The Balaban J connectivity index is 2.01. The number of primary amides is 1. The van der Waals surface area contributed by atoms with Gasteiger partial charge in [-0.15, -0.1) is 0 Å². The second kappa shape index (κ2) is 5.68. The molecule has 0 unspecified atom stereocenters. The molecule has 0 radical (unpaired) electrons. The lowest BCUT2D eigenvalue weighted by Crippen LogP contribution is -2.15. The molecule has 0 fully saturated rings. The highest BCUT2D eigenvalue weighted by atomic mass is 19.1. The van der Waals surface area contributed by atoms with Crippen LogP contribution < -0.4 is 11.1 Å². The first-order chi connectivity index (χ1) is 11.0. The van der Waals surface area contributed by atoms with Gasteiger partial charge in [0.05, 0.1) is 23.0 Å². The molecule has 2 aromatic heterocycles. The number of carbonyl (C=O) groups excluding carboxylic acids is 1. The number of amides is 1. The molecule has 3 rings (SSSR count). The summed E-state index contributed by atoms with van der Waals surface area (Å²) in [5, 5.41) is 8.26. The summed E-state index contributed by atoms with van der Waals surface area (Å²) in [7, 11) is 0. The van der Waals surface area contributed by atoms with E-state index in [0.29, 0.717) is 5.69 Å². The van der Waals surface area contributed by atoms with Crippen molar-refractivity contribution in [3.8, 4) is 0 Å². The Morgan fingerprint density at radius 2 is 2.17 bits per heavy atom. The van der Waals surface area contributed by atoms with Crippen molar-refractivity contribution in [2.45, 2.75) is 20.4 Å². The Morgan fingerprint density at radius 1 is 1.39 bits per heavy atom. The minimum atomic E-state index is -0.737. The van der Waals surface area contributed by atoms with Crippen molar-refractivity contribution in [3.63, 3.8) is 0 Å². The number of anilines is 2. The number of rotatable bonds is 4. The predicted octanol–water partition coefficient (Wildman–Crippen LogP) is 2.74. The van der Waals surface area contributed by atoms with Crippen LogP contribution in [0.5, 0.6) is 0 Å². The highest BCUT2D eigenvalue weighted by Gasteiger charge is 2.14. The molecule has 1 aromatic carbocycles. The van der Waals surface area contributed by atoms with Gasteiger partial charge in [-0.3, -0.25) is 9.48 Å². The molecule has 2 heterocycles. The molecular formula is C16H16FN5O. The molecule has 7 heteroatoms. The monoisotopic (exact) mass is 313 g/mol. The molecule has 23 heavy (non-hydrogen) atoms. The minimum absolute atomic E-state index is 0.0115. The molecule has 0 atom stereocenters. The number of carbonyl (C=O) groups is 1. The van der Waals surface area contributed by atoms with Crippen LogP contribution in [0, 0.1) is 12.7 Å². The second-order valence-corrected chi connectivity index (χ2v) is 5.17. The van der Waals surface area contributed by atoms with Crippen LogP contribution in [-0.2, 0) is 6.54 Å².